The smallest absolute Gasteiger partial charge is 0.253 e. The van der Waals surface area contributed by atoms with Crippen LogP contribution >= 0.6 is 0 Å². The molecule has 1 aliphatic rings. The summed E-state index contributed by atoms with van der Waals surface area (Å²) in [5, 5.41) is 4.36. The molecule has 0 saturated carbocycles. The molecule has 0 unspecified atom stereocenters. The van der Waals surface area contributed by atoms with Crippen LogP contribution in [0.1, 0.15) is 55.1 Å². The van der Waals surface area contributed by atoms with E-state index in [2.05, 4.69) is 5.32 Å². The Labute approximate surface area is 194 Å². The van der Waals surface area contributed by atoms with Crippen LogP contribution in [0.15, 0.2) is 65.6 Å². The van der Waals surface area contributed by atoms with E-state index in [4.69, 9.17) is 4.98 Å². The fourth-order valence-electron chi connectivity index (χ4n) is 4.21. The van der Waals surface area contributed by atoms with Gasteiger partial charge in [0.2, 0.25) is 0 Å². The van der Waals surface area contributed by atoms with Crippen molar-refractivity contribution in [1.29, 1.82) is 0 Å². The molecule has 0 bridgehead atoms. The summed E-state index contributed by atoms with van der Waals surface area (Å²) >= 11 is 0. The molecule has 170 valence electrons. The van der Waals surface area contributed by atoms with Gasteiger partial charge >= 0.3 is 0 Å². The van der Waals surface area contributed by atoms with Gasteiger partial charge in [-0.1, -0.05) is 86.7 Å². The van der Waals surface area contributed by atoms with Crippen LogP contribution in [0, 0.1) is 0 Å². The number of carbonyl (C=O) groups excluding carboxylic acids is 1. The summed E-state index contributed by atoms with van der Waals surface area (Å²) in [6, 6.07) is 18.7. The van der Waals surface area contributed by atoms with Gasteiger partial charge in [-0.25, -0.2) is 13.4 Å². The van der Waals surface area contributed by atoms with Crippen molar-refractivity contribution in [2.45, 2.75) is 44.0 Å². The van der Waals surface area contributed by atoms with Crippen molar-refractivity contribution in [2.24, 2.45) is 0 Å². The lowest BCUT2D eigenvalue weighted by Crippen LogP contribution is -2.42. The minimum absolute atomic E-state index is 0.0157. The van der Waals surface area contributed by atoms with Crippen molar-refractivity contribution >= 4 is 27.9 Å². The second-order valence-corrected chi connectivity index (χ2v) is 10.3. The largest absolute Gasteiger partial charge is 0.345 e. The highest BCUT2D eigenvalue weighted by Crippen LogP contribution is 2.28. The zero-order valence-corrected chi connectivity index (χ0v) is 19.7. The van der Waals surface area contributed by atoms with Crippen LogP contribution in [-0.2, 0) is 9.84 Å². The monoisotopic (exact) mass is 460 g/mol. The first-order chi connectivity index (χ1) is 16.0. The number of carbonyl (C=O) groups is 1. The van der Waals surface area contributed by atoms with Gasteiger partial charge in [0, 0.05) is 10.8 Å². The first kappa shape index (κ1) is 22.9. The lowest BCUT2D eigenvalue weighted by molar-refractivity contribution is 0.0931. The number of pyridine rings is 1. The van der Waals surface area contributed by atoms with Crippen LogP contribution in [0.5, 0.6) is 0 Å². The molecule has 6 heteroatoms. The molecule has 4 rings (SSSR count). The van der Waals surface area contributed by atoms with Crippen molar-refractivity contribution in [1.82, 2.24) is 10.3 Å². The van der Waals surface area contributed by atoms with Gasteiger partial charge in [0.25, 0.3) is 5.91 Å². The zero-order valence-electron chi connectivity index (χ0n) is 18.9. The number of nitrogens with zero attached hydrogens (tertiary/aromatic N) is 1. The number of nitrogens with one attached hydrogen (secondary N) is 1. The summed E-state index contributed by atoms with van der Waals surface area (Å²) in [7, 11) is -3.75. The first-order valence-corrected chi connectivity index (χ1v) is 13.0. The maximum Gasteiger partial charge on any atom is 0.253 e. The van der Waals surface area contributed by atoms with Gasteiger partial charge in [-0.2, -0.15) is 0 Å². The van der Waals surface area contributed by atoms with E-state index in [1.807, 2.05) is 79.7 Å². The van der Waals surface area contributed by atoms with Crippen LogP contribution in [0.25, 0.3) is 23.4 Å². The zero-order chi connectivity index (χ0) is 23.4. The van der Waals surface area contributed by atoms with Gasteiger partial charge in [-0.05, 0) is 24.8 Å². The molecule has 1 aliphatic carbocycles. The van der Waals surface area contributed by atoms with E-state index in [9.17, 15) is 13.2 Å². The molecule has 1 amide bonds. The highest BCUT2D eigenvalue weighted by atomic mass is 32.2. The molecule has 33 heavy (non-hydrogen) atoms. The van der Waals surface area contributed by atoms with E-state index >= 15 is 0 Å². The standard InChI is InChI=1S/C27H28N2O3S/c1-3-22(19-13-7-5-8-14-19)29-27(30)24-21-17-11-12-18-23(21)28-25(20-15-9-6-10-16-20)26(24)33(31,32)4-2/h5-10,13-18,22H,3-4,11-12H2,1-2H3,(H,29,30)/t22-/m0/s1. The number of hydrogen-bond acceptors (Lipinski definition) is 4. The number of sulfone groups is 1. The van der Waals surface area contributed by atoms with E-state index < -0.39 is 9.84 Å². The molecule has 0 radical (unpaired) electrons. The van der Waals surface area contributed by atoms with E-state index in [0.29, 0.717) is 28.2 Å². The summed E-state index contributed by atoms with van der Waals surface area (Å²) in [6.07, 6.45) is 6.14. The Balaban J connectivity index is 1.98. The molecule has 1 heterocycles. The van der Waals surface area contributed by atoms with Gasteiger partial charge < -0.3 is 5.32 Å². The first-order valence-electron chi connectivity index (χ1n) is 11.3. The lowest BCUT2D eigenvalue weighted by Gasteiger charge is -2.21. The molecule has 2 aromatic carbocycles. The van der Waals surface area contributed by atoms with Crippen LogP contribution < -0.4 is 15.9 Å². The Hall–Kier alpha value is -3.25. The third-order valence-electron chi connectivity index (χ3n) is 5.95. The molecular weight excluding hydrogens is 432 g/mol. The molecule has 1 aromatic heterocycles. The summed E-state index contributed by atoms with van der Waals surface area (Å²) in [4.78, 5) is 18.6. The average molecular weight is 461 g/mol. The molecule has 0 spiro atoms. The Kier molecular flexibility index (Phi) is 6.75. The third-order valence-corrected chi connectivity index (χ3v) is 7.73. The highest BCUT2D eigenvalue weighted by molar-refractivity contribution is 7.91. The summed E-state index contributed by atoms with van der Waals surface area (Å²) in [5.41, 5.74) is 2.19. The summed E-state index contributed by atoms with van der Waals surface area (Å²) in [5.74, 6) is -0.507. The van der Waals surface area contributed by atoms with Crippen molar-refractivity contribution in [3.8, 4) is 11.3 Å². The van der Waals surface area contributed by atoms with Crippen molar-refractivity contribution in [3.63, 3.8) is 0 Å². The lowest BCUT2D eigenvalue weighted by atomic mass is 10.0. The molecule has 0 aliphatic heterocycles. The third kappa shape index (κ3) is 4.62. The second kappa shape index (κ2) is 9.71. The van der Waals surface area contributed by atoms with Crippen molar-refractivity contribution in [2.75, 3.05) is 5.75 Å². The Bertz CT molecular complexity index is 1380. The highest BCUT2D eigenvalue weighted by Gasteiger charge is 2.30. The molecular formula is C27H28N2O3S. The van der Waals surface area contributed by atoms with Gasteiger partial charge in [0.1, 0.15) is 4.90 Å². The summed E-state index contributed by atoms with van der Waals surface area (Å²) in [6.45, 7) is 3.60. The fourth-order valence-corrected chi connectivity index (χ4v) is 5.47. The number of amides is 1. The van der Waals surface area contributed by atoms with Crippen molar-refractivity contribution < 1.29 is 13.2 Å². The van der Waals surface area contributed by atoms with Gasteiger partial charge in [0.15, 0.2) is 9.84 Å². The van der Waals surface area contributed by atoms with Crippen LogP contribution in [0.4, 0.5) is 0 Å². The van der Waals surface area contributed by atoms with Gasteiger partial charge in [-0.3, -0.25) is 4.79 Å². The number of hydrogen-bond donors (Lipinski definition) is 1. The normalized spacial score (nSPS) is 13.9. The number of aromatic nitrogens is 1. The predicted molar refractivity (Wildman–Crippen MR) is 132 cm³/mol. The van der Waals surface area contributed by atoms with E-state index in [-0.39, 0.29) is 28.2 Å². The Morgan fingerprint density at radius 1 is 0.970 bits per heavy atom. The number of benzene rings is 2. The van der Waals surface area contributed by atoms with Crippen LogP contribution in [-0.4, -0.2) is 25.1 Å². The predicted octanol–water partition coefficient (Wildman–Crippen LogP) is 3.78. The average Bonchev–Trinajstić information content (AvgIpc) is 2.87. The fraction of sp³-hybridized carbons (Fsp3) is 0.259. The number of fused-ring (bicyclic) bond motifs is 1. The van der Waals surface area contributed by atoms with Crippen molar-refractivity contribution in [3.05, 3.63) is 82.4 Å². The quantitative estimate of drug-likeness (QED) is 0.582. The molecule has 1 N–H and O–H groups in total. The maximum atomic E-state index is 13.8. The Morgan fingerprint density at radius 2 is 1.61 bits per heavy atom. The maximum absolute atomic E-state index is 13.8. The molecule has 0 saturated heterocycles. The van der Waals surface area contributed by atoms with E-state index in [0.717, 1.165) is 18.4 Å². The minimum atomic E-state index is -3.75. The number of rotatable bonds is 7. The summed E-state index contributed by atoms with van der Waals surface area (Å²) < 4.78 is 26.8. The Morgan fingerprint density at radius 3 is 2.24 bits per heavy atom. The topological polar surface area (TPSA) is 76.1 Å². The van der Waals surface area contributed by atoms with Crippen LogP contribution in [0.2, 0.25) is 0 Å². The van der Waals surface area contributed by atoms with Gasteiger partial charge in [0.05, 0.1) is 28.4 Å². The molecule has 3 aromatic rings. The molecule has 0 fully saturated rings. The van der Waals surface area contributed by atoms with Crippen LogP contribution in [0.3, 0.4) is 0 Å². The second-order valence-electron chi connectivity index (χ2n) is 8.06. The SMILES string of the molecule is CC[C@H](NC(=O)c1c(S(=O)(=O)CC)c(-c2ccccc2)nc2c1=CCCC=2)c1ccccc1. The molecule has 1 atom stereocenters. The van der Waals surface area contributed by atoms with Gasteiger partial charge in [-0.15, -0.1) is 0 Å². The molecule has 5 nitrogen and oxygen atoms in total. The van der Waals surface area contributed by atoms with E-state index in [1.54, 1.807) is 6.92 Å². The minimum Gasteiger partial charge on any atom is -0.345 e. The van der Waals surface area contributed by atoms with E-state index in [1.165, 1.54) is 0 Å².